The summed E-state index contributed by atoms with van der Waals surface area (Å²) in [5.41, 5.74) is 0.972. The summed E-state index contributed by atoms with van der Waals surface area (Å²) >= 11 is 0. The van der Waals surface area contributed by atoms with Gasteiger partial charge in [0.15, 0.2) is 11.5 Å². The quantitative estimate of drug-likeness (QED) is 0.887. The molecule has 0 aliphatic heterocycles. The summed E-state index contributed by atoms with van der Waals surface area (Å²) in [6.45, 7) is 0. The maximum Gasteiger partial charge on any atom is 0.162 e. The van der Waals surface area contributed by atoms with Crippen LogP contribution in [0.4, 0.5) is 5.69 Å². The molecule has 1 aromatic rings. The molecule has 0 radical (unpaired) electrons. The number of nitriles is 1. The molecule has 2 unspecified atom stereocenters. The molecular weight excluding hydrogens is 228 g/mol. The Labute approximate surface area is 108 Å². The van der Waals surface area contributed by atoms with E-state index in [1.807, 2.05) is 18.2 Å². The molecule has 1 aromatic carbocycles. The van der Waals surface area contributed by atoms with Crippen molar-refractivity contribution < 1.29 is 9.47 Å². The number of nitrogens with zero attached hydrogens (tertiary/aromatic N) is 1. The number of rotatable bonds is 4. The highest BCUT2D eigenvalue weighted by atomic mass is 16.5. The van der Waals surface area contributed by atoms with Crippen molar-refractivity contribution in [2.24, 2.45) is 5.92 Å². The number of benzene rings is 1. The first kappa shape index (κ1) is 12.6. The van der Waals surface area contributed by atoms with Crippen LogP contribution < -0.4 is 14.8 Å². The second kappa shape index (κ2) is 5.63. The van der Waals surface area contributed by atoms with Crippen LogP contribution >= 0.6 is 0 Å². The van der Waals surface area contributed by atoms with Crippen LogP contribution in [-0.4, -0.2) is 20.3 Å². The zero-order valence-electron chi connectivity index (χ0n) is 10.8. The lowest BCUT2D eigenvalue weighted by Crippen LogP contribution is -2.22. The Morgan fingerprint density at radius 3 is 2.67 bits per heavy atom. The van der Waals surface area contributed by atoms with E-state index >= 15 is 0 Å². The van der Waals surface area contributed by atoms with Gasteiger partial charge in [-0.25, -0.2) is 0 Å². The van der Waals surface area contributed by atoms with Gasteiger partial charge < -0.3 is 14.8 Å². The molecule has 2 atom stereocenters. The Bertz CT molecular complexity index is 454. The molecule has 18 heavy (non-hydrogen) atoms. The molecule has 4 heteroatoms. The van der Waals surface area contributed by atoms with Crippen LogP contribution in [-0.2, 0) is 0 Å². The van der Waals surface area contributed by atoms with Gasteiger partial charge in [-0.05, 0) is 31.4 Å². The van der Waals surface area contributed by atoms with Gasteiger partial charge in [0.25, 0.3) is 0 Å². The van der Waals surface area contributed by atoms with Gasteiger partial charge in [-0.3, -0.25) is 0 Å². The third-order valence-electron chi connectivity index (χ3n) is 3.42. The first-order valence-electron chi connectivity index (χ1n) is 6.16. The lowest BCUT2D eigenvalue weighted by molar-refractivity contribution is 0.355. The van der Waals surface area contributed by atoms with Crippen LogP contribution in [0.5, 0.6) is 11.5 Å². The van der Waals surface area contributed by atoms with E-state index in [1.165, 1.54) is 0 Å². The molecule has 4 nitrogen and oxygen atoms in total. The molecule has 0 saturated heterocycles. The number of methoxy groups -OCH3 is 2. The molecule has 1 N–H and O–H groups in total. The van der Waals surface area contributed by atoms with Crippen molar-refractivity contribution in [1.82, 2.24) is 0 Å². The lowest BCUT2D eigenvalue weighted by atomic mass is 10.1. The standard InChI is InChI=1S/C14H18N2O2/c1-17-13-7-6-11(8-14(13)18-2)16-12-5-3-4-10(12)9-15/h6-8,10,12,16H,3-5H2,1-2H3. The Hall–Kier alpha value is -1.89. The molecule has 0 aromatic heterocycles. The van der Waals surface area contributed by atoms with Crippen LogP contribution in [0.15, 0.2) is 18.2 Å². The summed E-state index contributed by atoms with van der Waals surface area (Å²) in [5, 5.41) is 12.5. The summed E-state index contributed by atoms with van der Waals surface area (Å²) in [4.78, 5) is 0. The lowest BCUT2D eigenvalue weighted by Gasteiger charge is -2.18. The largest absolute Gasteiger partial charge is 0.493 e. The third kappa shape index (κ3) is 2.51. The minimum atomic E-state index is 0.109. The fourth-order valence-electron chi connectivity index (χ4n) is 2.43. The van der Waals surface area contributed by atoms with E-state index in [-0.39, 0.29) is 12.0 Å². The number of hydrogen-bond acceptors (Lipinski definition) is 4. The van der Waals surface area contributed by atoms with E-state index in [4.69, 9.17) is 14.7 Å². The van der Waals surface area contributed by atoms with Crippen LogP contribution in [0.3, 0.4) is 0 Å². The number of nitrogens with one attached hydrogen (secondary N) is 1. The van der Waals surface area contributed by atoms with Gasteiger partial charge in [0.1, 0.15) is 0 Å². The Morgan fingerprint density at radius 2 is 2.00 bits per heavy atom. The molecule has 1 aliphatic carbocycles. The van der Waals surface area contributed by atoms with Crippen LogP contribution in [0.1, 0.15) is 19.3 Å². The second-order valence-corrected chi connectivity index (χ2v) is 4.49. The van der Waals surface area contributed by atoms with Crippen LogP contribution in [0.2, 0.25) is 0 Å². The van der Waals surface area contributed by atoms with Gasteiger partial charge in [0, 0.05) is 17.8 Å². The Kier molecular flexibility index (Phi) is 3.93. The zero-order valence-corrected chi connectivity index (χ0v) is 10.8. The fourth-order valence-corrected chi connectivity index (χ4v) is 2.43. The first-order chi connectivity index (χ1) is 8.78. The number of ether oxygens (including phenoxy) is 2. The van der Waals surface area contributed by atoms with E-state index in [9.17, 15) is 0 Å². The predicted octanol–water partition coefficient (Wildman–Crippen LogP) is 2.81. The highest BCUT2D eigenvalue weighted by Gasteiger charge is 2.26. The van der Waals surface area contributed by atoms with Crippen LogP contribution in [0, 0.1) is 17.2 Å². The minimum absolute atomic E-state index is 0.109. The van der Waals surface area contributed by atoms with Crippen molar-refractivity contribution in [2.75, 3.05) is 19.5 Å². The second-order valence-electron chi connectivity index (χ2n) is 4.49. The molecule has 2 rings (SSSR count). The smallest absolute Gasteiger partial charge is 0.162 e. The average Bonchev–Trinajstić information content (AvgIpc) is 2.85. The van der Waals surface area contributed by atoms with E-state index in [0.717, 1.165) is 24.9 Å². The average molecular weight is 246 g/mol. The zero-order chi connectivity index (χ0) is 13.0. The number of anilines is 1. The molecular formula is C14H18N2O2. The van der Waals surface area contributed by atoms with Crippen molar-refractivity contribution in [3.8, 4) is 17.6 Å². The van der Waals surface area contributed by atoms with Gasteiger partial charge in [-0.1, -0.05) is 0 Å². The highest BCUT2D eigenvalue weighted by Crippen LogP contribution is 2.33. The predicted molar refractivity (Wildman–Crippen MR) is 69.9 cm³/mol. The molecule has 0 amide bonds. The Morgan fingerprint density at radius 1 is 1.22 bits per heavy atom. The van der Waals surface area contributed by atoms with Gasteiger partial charge in [-0.15, -0.1) is 0 Å². The van der Waals surface area contributed by atoms with Gasteiger partial charge in [0.2, 0.25) is 0 Å². The first-order valence-corrected chi connectivity index (χ1v) is 6.16. The van der Waals surface area contributed by atoms with E-state index < -0.39 is 0 Å². The SMILES string of the molecule is COc1ccc(NC2CCCC2C#N)cc1OC. The van der Waals surface area contributed by atoms with E-state index in [2.05, 4.69) is 11.4 Å². The summed E-state index contributed by atoms with van der Waals surface area (Å²) in [6, 6.07) is 8.34. The number of hydrogen-bond donors (Lipinski definition) is 1. The monoisotopic (exact) mass is 246 g/mol. The fraction of sp³-hybridized carbons (Fsp3) is 0.500. The van der Waals surface area contributed by atoms with Crippen molar-refractivity contribution in [3.05, 3.63) is 18.2 Å². The van der Waals surface area contributed by atoms with E-state index in [1.54, 1.807) is 14.2 Å². The molecule has 0 spiro atoms. The van der Waals surface area contributed by atoms with Crippen molar-refractivity contribution in [2.45, 2.75) is 25.3 Å². The van der Waals surface area contributed by atoms with E-state index in [0.29, 0.717) is 11.5 Å². The van der Waals surface area contributed by atoms with Crippen molar-refractivity contribution in [3.63, 3.8) is 0 Å². The summed E-state index contributed by atoms with van der Waals surface area (Å²) < 4.78 is 10.5. The Balaban J connectivity index is 2.12. The van der Waals surface area contributed by atoms with Crippen molar-refractivity contribution >= 4 is 5.69 Å². The molecule has 0 heterocycles. The minimum Gasteiger partial charge on any atom is -0.493 e. The van der Waals surface area contributed by atoms with Gasteiger partial charge in [0.05, 0.1) is 26.2 Å². The van der Waals surface area contributed by atoms with Crippen molar-refractivity contribution in [1.29, 1.82) is 5.26 Å². The summed E-state index contributed by atoms with van der Waals surface area (Å²) in [7, 11) is 3.24. The maximum absolute atomic E-state index is 9.06. The summed E-state index contributed by atoms with van der Waals surface area (Å²) in [6.07, 6.45) is 3.15. The molecule has 1 aliphatic rings. The molecule has 1 saturated carbocycles. The van der Waals surface area contributed by atoms with Gasteiger partial charge >= 0.3 is 0 Å². The molecule has 96 valence electrons. The van der Waals surface area contributed by atoms with Crippen LogP contribution in [0.25, 0.3) is 0 Å². The summed E-state index contributed by atoms with van der Waals surface area (Å²) in [5.74, 6) is 1.53. The highest BCUT2D eigenvalue weighted by molar-refractivity contribution is 5.55. The van der Waals surface area contributed by atoms with Gasteiger partial charge in [-0.2, -0.15) is 5.26 Å². The molecule has 1 fully saturated rings. The molecule has 0 bridgehead atoms. The maximum atomic E-state index is 9.06. The topological polar surface area (TPSA) is 54.3 Å². The third-order valence-corrected chi connectivity index (χ3v) is 3.42. The normalized spacial score (nSPS) is 22.3.